The van der Waals surface area contributed by atoms with Crippen LogP contribution in [0.3, 0.4) is 0 Å². The number of nitrogens with zero attached hydrogens (tertiary/aromatic N) is 6. The first-order chi connectivity index (χ1) is 23.8. The van der Waals surface area contributed by atoms with Gasteiger partial charge in [-0.15, -0.1) is 0 Å². The fourth-order valence-electron chi connectivity index (χ4n) is 5.36. The molecule has 0 amide bonds. The number of azo groups is 2. The Morgan fingerprint density at radius 1 is 0.208 bits per heavy atom. The normalized spacial score (nSPS) is 11.2. The van der Waals surface area contributed by atoms with Gasteiger partial charge >= 0.3 is 0 Å². The summed E-state index contributed by atoms with van der Waals surface area (Å²) >= 11 is 0. The van der Waals surface area contributed by atoms with Crippen molar-refractivity contribution >= 4 is 56.9 Å². The van der Waals surface area contributed by atoms with E-state index in [1.54, 1.807) is 0 Å². The predicted molar refractivity (Wildman–Crippen MR) is 197 cm³/mol. The molecule has 7 aromatic rings. The van der Waals surface area contributed by atoms with Gasteiger partial charge in [0.25, 0.3) is 0 Å². The molecule has 0 saturated heterocycles. The average Bonchev–Trinajstić information content (AvgIpc) is 3.17. The molecule has 7 aromatic carbocycles. The van der Waals surface area contributed by atoms with E-state index in [1.165, 1.54) is 0 Å². The molecule has 0 heterocycles. The molecule has 0 spiro atoms. The smallest absolute Gasteiger partial charge is 0.0858 e. The van der Waals surface area contributed by atoms with Crippen LogP contribution in [0.2, 0.25) is 0 Å². The van der Waals surface area contributed by atoms with Crippen molar-refractivity contribution in [2.45, 2.75) is 0 Å². The van der Waals surface area contributed by atoms with E-state index < -0.39 is 0 Å². The third-order valence-corrected chi connectivity index (χ3v) is 7.68. The molecule has 0 atom stereocenters. The van der Waals surface area contributed by atoms with Gasteiger partial charge < -0.3 is 9.80 Å². The Balaban J connectivity index is 1.22. The molecule has 0 unspecified atom stereocenters. The minimum atomic E-state index is 0.774. The second-order valence-electron chi connectivity index (χ2n) is 11.0. The highest BCUT2D eigenvalue weighted by Crippen LogP contribution is 2.40. The maximum absolute atomic E-state index is 4.45. The van der Waals surface area contributed by atoms with Gasteiger partial charge in [-0.05, 0) is 121 Å². The maximum Gasteiger partial charge on any atom is 0.0858 e. The third-order valence-electron chi connectivity index (χ3n) is 7.68. The summed E-state index contributed by atoms with van der Waals surface area (Å²) < 4.78 is 0. The van der Waals surface area contributed by atoms with Crippen molar-refractivity contribution in [1.29, 1.82) is 0 Å². The summed E-state index contributed by atoms with van der Waals surface area (Å²) in [7, 11) is 0. The lowest BCUT2D eigenvalue weighted by molar-refractivity contribution is 1.21. The number of hydrogen-bond donors (Lipinski definition) is 0. The minimum Gasteiger partial charge on any atom is -0.311 e. The van der Waals surface area contributed by atoms with E-state index in [9.17, 15) is 0 Å². The van der Waals surface area contributed by atoms with Crippen LogP contribution in [0, 0.1) is 0 Å². The molecule has 7 rings (SSSR count). The van der Waals surface area contributed by atoms with Crippen LogP contribution in [0.5, 0.6) is 0 Å². The summed E-state index contributed by atoms with van der Waals surface area (Å²) in [5, 5.41) is 17.7. The van der Waals surface area contributed by atoms with E-state index in [1.807, 2.05) is 97.1 Å². The SMILES string of the molecule is c1ccc(/N=N/c2ccc(N(c3ccc(/N=N/c4ccccc4)cc3)c3ccc(N(c4ccccc4)c4ccccc4)cc3)cc2)cc1. The van der Waals surface area contributed by atoms with Crippen molar-refractivity contribution in [1.82, 2.24) is 0 Å². The number of anilines is 6. The number of para-hydroxylation sites is 2. The van der Waals surface area contributed by atoms with Crippen LogP contribution in [0.15, 0.2) is 215 Å². The van der Waals surface area contributed by atoms with Crippen LogP contribution in [0.1, 0.15) is 0 Å². The summed E-state index contributed by atoms with van der Waals surface area (Å²) in [4.78, 5) is 4.47. The monoisotopic (exact) mass is 620 g/mol. The zero-order valence-corrected chi connectivity index (χ0v) is 26.2. The Bertz CT molecular complexity index is 1950. The summed E-state index contributed by atoms with van der Waals surface area (Å²) in [6, 6.07) is 65.1. The number of rotatable bonds is 10. The number of benzene rings is 7. The number of hydrogen-bond acceptors (Lipinski definition) is 6. The molecule has 0 aliphatic heterocycles. The van der Waals surface area contributed by atoms with Crippen LogP contribution in [-0.2, 0) is 0 Å². The Morgan fingerprint density at radius 2 is 0.417 bits per heavy atom. The zero-order valence-electron chi connectivity index (χ0n) is 26.2. The first-order valence-electron chi connectivity index (χ1n) is 15.7. The highest BCUT2D eigenvalue weighted by Gasteiger charge is 2.16. The fraction of sp³-hybridized carbons (Fsp3) is 0. The van der Waals surface area contributed by atoms with E-state index in [2.05, 4.69) is 127 Å². The molecular formula is C42H32N6. The lowest BCUT2D eigenvalue weighted by Gasteiger charge is -2.28. The van der Waals surface area contributed by atoms with E-state index in [4.69, 9.17) is 0 Å². The van der Waals surface area contributed by atoms with Gasteiger partial charge in [-0.1, -0.05) is 72.8 Å². The lowest BCUT2D eigenvalue weighted by Crippen LogP contribution is -2.12. The molecule has 0 aromatic heterocycles. The van der Waals surface area contributed by atoms with Crippen molar-refractivity contribution in [3.8, 4) is 0 Å². The molecule has 230 valence electrons. The molecule has 6 heteroatoms. The molecular weight excluding hydrogens is 589 g/mol. The summed E-state index contributed by atoms with van der Waals surface area (Å²) in [5.74, 6) is 0. The van der Waals surface area contributed by atoms with Crippen LogP contribution >= 0.6 is 0 Å². The summed E-state index contributed by atoms with van der Waals surface area (Å²) in [5.41, 5.74) is 9.41. The molecule has 0 bridgehead atoms. The van der Waals surface area contributed by atoms with Crippen LogP contribution in [-0.4, -0.2) is 0 Å². The second-order valence-corrected chi connectivity index (χ2v) is 11.0. The molecule has 0 saturated carbocycles. The van der Waals surface area contributed by atoms with Gasteiger partial charge in [-0.25, -0.2) is 0 Å². The molecule has 0 radical (unpaired) electrons. The standard InChI is InChI=1S/C42H32N6/c1-5-13-33(14-6-1)43-45-35-21-25-39(26-22-35)48(40-27-23-36(24-28-40)46-44-34-15-7-2-8-16-34)42-31-29-41(30-32-42)47(37-17-9-3-10-18-37)38-19-11-4-12-20-38/h1-32H/b45-43+,46-44+. The van der Waals surface area contributed by atoms with Crippen LogP contribution < -0.4 is 9.80 Å². The Labute approximate surface area is 280 Å². The van der Waals surface area contributed by atoms with Crippen molar-refractivity contribution in [2.24, 2.45) is 20.5 Å². The van der Waals surface area contributed by atoms with Crippen molar-refractivity contribution in [3.63, 3.8) is 0 Å². The molecule has 6 nitrogen and oxygen atoms in total. The van der Waals surface area contributed by atoms with Crippen molar-refractivity contribution in [2.75, 3.05) is 9.80 Å². The Kier molecular flexibility index (Phi) is 9.15. The van der Waals surface area contributed by atoms with E-state index in [0.717, 1.165) is 56.9 Å². The predicted octanol–water partition coefficient (Wildman–Crippen LogP) is 13.5. The summed E-state index contributed by atoms with van der Waals surface area (Å²) in [6.45, 7) is 0. The molecule has 0 aliphatic rings. The quantitative estimate of drug-likeness (QED) is 0.143. The van der Waals surface area contributed by atoms with Gasteiger partial charge in [0.2, 0.25) is 0 Å². The highest BCUT2D eigenvalue weighted by molar-refractivity contribution is 5.81. The van der Waals surface area contributed by atoms with Gasteiger partial charge in [0.05, 0.1) is 22.7 Å². The van der Waals surface area contributed by atoms with Gasteiger partial charge in [0, 0.05) is 34.1 Å². The van der Waals surface area contributed by atoms with Gasteiger partial charge in [0.15, 0.2) is 0 Å². The molecule has 48 heavy (non-hydrogen) atoms. The fourth-order valence-corrected chi connectivity index (χ4v) is 5.36. The second kappa shape index (κ2) is 14.6. The van der Waals surface area contributed by atoms with Gasteiger partial charge in [-0.2, -0.15) is 20.5 Å². The first-order valence-corrected chi connectivity index (χ1v) is 15.7. The maximum atomic E-state index is 4.45. The Morgan fingerprint density at radius 3 is 0.708 bits per heavy atom. The molecule has 0 N–H and O–H groups in total. The summed E-state index contributed by atoms with van der Waals surface area (Å²) in [6.07, 6.45) is 0. The zero-order chi connectivity index (χ0) is 32.4. The first kappa shape index (κ1) is 30.0. The van der Waals surface area contributed by atoms with E-state index in [-0.39, 0.29) is 0 Å². The lowest BCUT2D eigenvalue weighted by atomic mass is 10.1. The average molecular weight is 621 g/mol. The Hall–Kier alpha value is -6.66. The molecule has 0 fully saturated rings. The largest absolute Gasteiger partial charge is 0.311 e. The third kappa shape index (κ3) is 7.25. The van der Waals surface area contributed by atoms with Gasteiger partial charge in [0.1, 0.15) is 0 Å². The van der Waals surface area contributed by atoms with E-state index >= 15 is 0 Å². The van der Waals surface area contributed by atoms with Crippen molar-refractivity contribution < 1.29 is 0 Å². The van der Waals surface area contributed by atoms with Crippen molar-refractivity contribution in [3.05, 3.63) is 194 Å². The molecule has 0 aliphatic carbocycles. The van der Waals surface area contributed by atoms with Crippen LogP contribution in [0.25, 0.3) is 0 Å². The van der Waals surface area contributed by atoms with E-state index in [0.29, 0.717) is 0 Å². The highest BCUT2D eigenvalue weighted by atomic mass is 15.2. The van der Waals surface area contributed by atoms with Gasteiger partial charge in [-0.3, -0.25) is 0 Å². The van der Waals surface area contributed by atoms with Crippen LogP contribution in [0.4, 0.5) is 56.9 Å². The minimum absolute atomic E-state index is 0.774. The topological polar surface area (TPSA) is 55.9 Å².